The van der Waals surface area contributed by atoms with Gasteiger partial charge >= 0.3 is 0 Å². The molecule has 30 heavy (non-hydrogen) atoms. The molecule has 0 saturated carbocycles. The van der Waals surface area contributed by atoms with Gasteiger partial charge in [-0.2, -0.15) is 0 Å². The number of piperazine rings is 1. The third kappa shape index (κ3) is 4.37. The van der Waals surface area contributed by atoms with E-state index in [1.54, 1.807) is 26.0 Å². The van der Waals surface area contributed by atoms with Gasteiger partial charge in [0.15, 0.2) is 5.60 Å². The fourth-order valence-electron chi connectivity index (χ4n) is 3.78. The minimum absolute atomic E-state index is 0.0294. The summed E-state index contributed by atoms with van der Waals surface area (Å²) >= 11 is 6.09. The molecule has 1 aromatic carbocycles. The van der Waals surface area contributed by atoms with Gasteiger partial charge in [0.2, 0.25) is 5.95 Å². The summed E-state index contributed by atoms with van der Waals surface area (Å²) in [6.07, 6.45) is 2.68. The third-order valence-corrected chi connectivity index (χ3v) is 5.97. The maximum absolute atomic E-state index is 13.1. The second kappa shape index (κ2) is 8.40. The number of anilines is 1. The number of nitrogens with zero attached hydrogens (tertiary/aromatic N) is 4. The minimum Gasteiger partial charge on any atom is -0.478 e. The first-order chi connectivity index (χ1) is 14.3. The molecule has 0 radical (unpaired) electrons. The molecule has 0 spiro atoms. The van der Waals surface area contributed by atoms with Crippen molar-refractivity contribution in [3.05, 3.63) is 46.2 Å². The molecule has 4 rings (SSSR count). The van der Waals surface area contributed by atoms with Crippen LogP contribution in [0.5, 0.6) is 5.75 Å². The van der Waals surface area contributed by atoms with E-state index in [0.29, 0.717) is 50.2 Å². The van der Waals surface area contributed by atoms with E-state index >= 15 is 0 Å². The van der Waals surface area contributed by atoms with Crippen molar-refractivity contribution >= 4 is 23.5 Å². The van der Waals surface area contributed by atoms with E-state index in [1.807, 2.05) is 24.1 Å². The first kappa shape index (κ1) is 20.9. The first-order valence-electron chi connectivity index (χ1n) is 10.3. The zero-order valence-electron chi connectivity index (χ0n) is 17.7. The summed E-state index contributed by atoms with van der Waals surface area (Å²) in [6.45, 7) is 9.41. The van der Waals surface area contributed by atoms with Crippen molar-refractivity contribution in [2.75, 3.05) is 37.7 Å². The lowest BCUT2D eigenvalue weighted by atomic mass is 10.1. The minimum atomic E-state index is -0.968. The quantitative estimate of drug-likeness (QED) is 0.742. The Hall–Kier alpha value is -2.38. The Morgan fingerprint density at radius 1 is 1.23 bits per heavy atom. The Balaban J connectivity index is 1.38. The zero-order chi connectivity index (χ0) is 21.3. The number of rotatable bonds is 4. The van der Waals surface area contributed by atoms with Crippen LogP contribution in [-0.4, -0.2) is 59.2 Å². The third-order valence-electron chi connectivity index (χ3n) is 5.55. The van der Waals surface area contributed by atoms with Crippen LogP contribution in [0, 0.1) is 6.92 Å². The second-order valence-corrected chi connectivity index (χ2v) is 8.65. The number of aromatic nitrogens is 2. The van der Waals surface area contributed by atoms with Crippen LogP contribution in [0.4, 0.5) is 5.95 Å². The lowest BCUT2D eigenvalue weighted by Gasteiger charge is -2.38. The standard InChI is InChI=1S/C22H27ClN4O3/c1-15-12-17(4-5-18(15)23)30-22(2,3)20(28)26-7-9-27(10-8-26)21-24-13-16-14-29-11-6-19(16)25-21/h4-5,12-13H,6-11,14H2,1-3H3. The van der Waals surface area contributed by atoms with Crippen LogP contribution in [-0.2, 0) is 22.6 Å². The van der Waals surface area contributed by atoms with E-state index in [9.17, 15) is 4.79 Å². The maximum Gasteiger partial charge on any atom is 0.266 e. The predicted molar refractivity (Wildman–Crippen MR) is 115 cm³/mol. The van der Waals surface area contributed by atoms with Crippen LogP contribution < -0.4 is 9.64 Å². The number of carbonyl (C=O) groups excluding carboxylic acids is 1. The van der Waals surface area contributed by atoms with Gasteiger partial charge in [0.05, 0.1) is 18.9 Å². The Kier molecular flexibility index (Phi) is 5.84. The van der Waals surface area contributed by atoms with Gasteiger partial charge in [-0.05, 0) is 44.5 Å². The lowest BCUT2D eigenvalue weighted by Crippen LogP contribution is -2.56. The number of aryl methyl sites for hydroxylation is 1. The van der Waals surface area contributed by atoms with Gasteiger partial charge in [0.25, 0.3) is 5.91 Å². The number of benzene rings is 1. The summed E-state index contributed by atoms with van der Waals surface area (Å²) < 4.78 is 11.5. The van der Waals surface area contributed by atoms with Gasteiger partial charge < -0.3 is 19.3 Å². The van der Waals surface area contributed by atoms with Gasteiger partial charge in [0, 0.05) is 49.4 Å². The van der Waals surface area contributed by atoms with Crippen LogP contribution in [0.2, 0.25) is 5.02 Å². The monoisotopic (exact) mass is 430 g/mol. The summed E-state index contributed by atoms with van der Waals surface area (Å²) in [5.74, 6) is 1.34. The van der Waals surface area contributed by atoms with Crippen LogP contribution in [0.3, 0.4) is 0 Å². The number of ether oxygens (including phenoxy) is 2. The summed E-state index contributed by atoms with van der Waals surface area (Å²) in [6, 6.07) is 5.44. The van der Waals surface area contributed by atoms with Crippen molar-refractivity contribution in [3.8, 4) is 5.75 Å². The van der Waals surface area contributed by atoms with Crippen molar-refractivity contribution in [1.29, 1.82) is 0 Å². The molecule has 0 bridgehead atoms. The molecule has 0 atom stereocenters. The molecule has 0 aliphatic carbocycles. The topological polar surface area (TPSA) is 67.8 Å². The average Bonchev–Trinajstić information content (AvgIpc) is 2.75. The molecule has 2 aromatic rings. The first-order valence-corrected chi connectivity index (χ1v) is 10.6. The molecular formula is C22H27ClN4O3. The molecular weight excluding hydrogens is 404 g/mol. The van der Waals surface area contributed by atoms with E-state index in [0.717, 1.165) is 29.2 Å². The predicted octanol–water partition coefficient (Wildman–Crippen LogP) is 3.02. The van der Waals surface area contributed by atoms with E-state index in [-0.39, 0.29) is 5.91 Å². The summed E-state index contributed by atoms with van der Waals surface area (Å²) in [7, 11) is 0. The van der Waals surface area contributed by atoms with Crippen molar-refractivity contribution in [2.45, 2.75) is 39.4 Å². The van der Waals surface area contributed by atoms with Crippen LogP contribution in [0.25, 0.3) is 0 Å². The Morgan fingerprint density at radius 3 is 2.73 bits per heavy atom. The highest BCUT2D eigenvalue weighted by atomic mass is 35.5. The lowest BCUT2D eigenvalue weighted by molar-refractivity contribution is -0.145. The highest BCUT2D eigenvalue weighted by molar-refractivity contribution is 6.31. The fourth-order valence-corrected chi connectivity index (χ4v) is 3.90. The average molecular weight is 431 g/mol. The van der Waals surface area contributed by atoms with Crippen LogP contribution in [0.15, 0.2) is 24.4 Å². The molecule has 7 nitrogen and oxygen atoms in total. The Morgan fingerprint density at radius 2 is 2.00 bits per heavy atom. The largest absolute Gasteiger partial charge is 0.478 e. The molecule has 3 heterocycles. The summed E-state index contributed by atoms with van der Waals surface area (Å²) in [4.78, 5) is 26.3. The van der Waals surface area contributed by atoms with E-state index in [1.165, 1.54) is 0 Å². The number of carbonyl (C=O) groups is 1. The normalized spacial score (nSPS) is 16.9. The molecule has 2 aliphatic heterocycles. The molecule has 1 amide bonds. The molecule has 1 saturated heterocycles. The van der Waals surface area contributed by atoms with Gasteiger partial charge in [-0.1, -0.05) is 11.6 Å². The van der Waals surface area contributed by atoms with Crippen molar-refractivity contribution in [2.24, 2.45) is 0 Å². The molecule has 160 valence electrons. The van der Waals surface area contributed by atoms with Gasteiger partial charge in [-0.15, -0.1) is 0 Å². The fraction of sp³-hybridized carbons (Fsp3) is 0.500. The number of halogens is 1. The number of hydrogen-bond acceptors (Lipinski definition) is 6. The smallest absolute Gasteiger partial charge is 0.266 e. The highest BCUT2D eigenvalue weighted by Crippen LogP contribution is 2.26. The van der Waals surface area contributed by atoms with Gasteiger partial charge in [0.1, 0.15) is 5.75 Å². The Labute approximate surface area is 182 Å². The van der Waals surface area contributed by atoms with Crippen molar-refractivity contribution in [3.63, 3.8) is 0 Å². The van der Waals surface area contributed by atoms with Gasteiger partial charge in [-0.3, -0.25) is 4.79 Å². The van der Waals surface area contributed by atoms with E-state index in [2.05, 4.69) is 9.88 Å². The van der Waals surface area contributed by atoms with E-state index < -0.39 is 5.60 Å². The maximum atomic E-state index is 13.1. The van der Waals surface area contributed by atoms with Crippen LogP contribution in [0.1, 0.15) is 30.7 Å². The number of amides is 1. The highest BCUT2D eigenvalue weighted by Gasteiger charge is 2.36. The number of hydrogen-bond donors (Lipinski definition) is 0. The van der Waals surface area contributed by atoms with Crippen LogP contribution >= 0.6 is 11.6 Å². The Bertz CT molecular complexity index is 942. The van der Waals surface area contributed by atoms with E-state index in [4.69, 9.17) is 26.1 Å². The molecule has 8 heteroatoms. The molecule has 0 N–H and O–H groups in total. The number of fused-ring (bicyclic) bond motifs is 1. The SMILES string of the molecule is Cc1cc(OC(C)(C)C(=O)N2CCN(c3ncc4c(n3)CCOC4)CC2)ccc1Cl. The van der Waals surface area contributed by atoms with Gasteiger partial charge in [-0.25, -0.2) is 9.97 Å². The molecule has 1 aromatic heterocycles. The summed E-state index contributed by atoms with van der Waals surface area (Å²) in [5, 5.41) is 0.680. The zero-order valence-corrected chi connectivity index (χ0v) is 18.4. The van der Waals surface area contributed by atoms with Crippen molar-refractivity contribution < 1.29 is 14.3 Å². The molecule has 1 fully saturated rings. The summed E-state index contributed by atoms with van der Waals surface area (Å²) in [5.41, 5.74) is 2.08. The molecule has 2 aliphatic rings. The second-order valence-electron chi connectivity index (χ2n) is 8.25. The molecule has 0 unspecified atom stereocenters. The van der Waals surface area contributed by atoms with Crippen molar-refractivity contribution in [1.82, 2.24) is 14.9 Å².